The first-order chi connectivity index (χ1) is 13.7. The van der Waals surface area contributed by atoms with Gasteiger partial charge in [0, 0.05) is 56.0 Å². The molecule has 1 aliphatic rings. The molecule has 0 spiro atoms. The zero-order chi connectivity index (χ0) is 19.3. The Balaban J connectivity index is 1.22. The van der Waals surface area contributed by atoms with E-state index in [4.69, 9.17) is 0 Å². The highest BCUT2D eigenvalue weighted by atomic mass is 32.1. The third kappa shape index (κ3) is 4.31. The summed E-state index contributed by atoms with van der Waals surface area (Å²) in [4.78, 5) is 32.5. The maximum atomic E-state index is 12.5. The molecule has 1 N–H and O–H groups in total. The SMILES string of the molecule is O=C(CCCC(=O)N1CCN(c2nsc3ccccc23)CC1)Nc1nccs1. The van der Waals surface area contributed by atoms with Crippen LogP contribution in [-0.2, 0) is 9.59 Å². The summed E-state index contributed by atoms with van der Waals surface area (Å²) >= 11 is 2.90. The van der Waals surface area contributed by atoms with Gasteiger partial charge in [0.1, 0.15) is 5.82 Å². The van der Waals surface area contributed by atoms with Crippen LogP contribution in [0.4, 0.5) is 10.9 Å². The van der Waals surface area contributed by atoms with Crippen LogP contribution < -0.4 is 10.2 Å². The van der Waals surface area contributed by atoms with Crippen LogP contribution in [0.2, 0.25) is 0 Å². The predicted molar refractivity (Wildman–Crippen MR) is 113 cm³/mol. The molecule has 1 aliphatic heterocycles. The standard InChI is InChI=1S/C19H21N5O2S2/c25-16(21-19-20-8-13-27-19)6-3-7-17(26)23-9-11-24(12-10-23)18-14-4-1-2-5-15(14)28-22-18/h1-2,4-5,8,13H,3,6-7,9-12H2,(H,20,21,25). The lowest BCUT2D eigenvalue weighted by Gasteiger charge is -2.35. The molecular formula is C19H21N5O2S2. The highest BCUT2D eigenvalue weighted by Gasteiger charge is 2.23. The Labute approximate surface area is 171 Å². The van der Waals surface area contributed by atoms with Gasteiger partial charge in [-0.1, -0.05) is 12.1 Å². The smallest absolute Gasteiger partial charge is 0.226 e. The van der Waals surface area contributed by atoms with E-state index in [0.717, 1.165) is 18.9 Å². The maximum absolute atomic E-state index is 12.5. The summed E-state index contributed by atoms with van der Waals surface area (Å²) in [6.45, 7) is 2.94. The zero-order valence-corrected chi connectivity index (χ0v) is 17.0. The van der Waals surface area contributed by atoms with Crippen molar-refractivity contribution < 1.29 is 9.59 Å². The molecule has 28 heavy (non-hydrogen) atoms. The molecule has 4 rings (SSSR count). The number of carbonyl (C=O) groups is 2. The van der Waals surface area contributed by atoms with E-state index in [0.29, 0.717) is 37.5 Å². The van der Waals surface area contributed by atoms with Crippen molar-refractivity contribution in [1.29, 1.82) is 0 Å². The molecule has 0 atom stereocenters. The van der Waals surface area contributed by atoms with Crippen molar-refractivity contribution in [2.75, 3.05) is 36.4 Å². The number of carbonyl (C=O) groups excluding carboxylic acids is 2. The average molecular weight is 416 g/mol. The lowest BCUT2D eigenvalue weighted by Crippen LogP contribution is -2.48. The predicted octanol–water partition coefficient (Wildman–Crippen LogP) is 3.21. The van der Waals surface area contributed by atoms with Gasteiger partial charge in [-0.15, -0.1) is 11.3 Å². The normalized spacial score (nSPS) is 14.4. The van der Waals surface area contributed by atoms with Gasteiger partial charge >= 0.3 is 0 Å². The van der Waals surface area contributed by atoms with Crippen molar-refractivity contribution in [3.63, 3.8) is 0 Å². The zero-order valence-electron chi connectivity index (χ0n) is 15.3. The summed E-state index contributed by atoms with van der Waals surface area (Å²) in [5.41, 5.74) is 0. The number of benzene rings is 1. The third-order valence-electron chi connectivity index (χ3n) is 4.76. The summed E-state index contributed by atoms with van der Waals surface area (Å²) < 4.78 is 5.79. The second-order valence-corrected chi connectivity index (χ2v) is 8.31. The molecule has 0 saturated carbocycles. The van der Waals surface area contributed by atoms with Crippen molar-refractivity contribution in [1.82, 2.24) is 14.3 Å². The number of piperazine rings is 1. The monoisotopic (exact) mass is 415 g/mol. The molecule has 0 radical (unpaired) electrons. The van der Waals surface area contributed by atoms with Gasteiger partial charge in [-0.25, -0.2) is 4.98 Å². The minimum atomic E-state index is -0.0945. The molecule has 3 aromatic rings. The number of fused-ring (bicyclic) bond motifs is 1. The van der Waals surface area contributed by atoms with E-state index in [1.165, 1.54) is 33.0 Å². The molecule has 2 amide bonds. The highest BCUT2D eigenvalue weighted by Crippen LogP contribution is 2.29. The minimum absolute atomic E-state index is 0.0945. The summed E-state index contributed by atoms with van der Waals surface area (Å²) in [5, 5.41) is 6.33. The number of nitrogens with one attached hydrogen (secondary N) is 1. The summed E-state index contributed by atoms with van der Waals surface area (Å²) in [5.74, 6) is 1.04. The molecule has 9 heteroatoms. The van der Waals surface area contributed by atoms with Crippen LogP contribution in [-0.4, -0.2) is 52.3 Å². The average Bonchev–Trinajstić information content (AvgIpc) is 3.37. The number of rotatable bonds is 6. The Morgan fingerprint density at radius 3 is 2.71 bits per heavy atom. The second kappa shape index (κ2) is 8.66. The number of anilines is 2. The Kier molecular flexibility index (Phi) is 5.82. The highest BCUT2D eigenvalue weighted by molar-refractivity contribution is 7.14. The van der Waals surface area contributed by atoms with Crippen LogP contribution in [0.1, 0.15) is 19.3 Å². The molecule has 1 fully saturated rings. The van der Waals surface area contributed by atoms with Crippen LogP contribution in [0.3, 0.4) is 0 Å². The fourth-order valence-corrected chi connectivity index (χ4v) is 4.63. The van der Waals surface area contributed by atoms with Gasteiger partial charge in [0.2, 0.25) is 11.8 Å². The number of thiazole rings is 1. The van der Waals surface area contributed by atoms with Crippen LogP contribution in [0.5, 0.6) is 0 Å². The van der Waals surface area contributed by atoms with Gasteiger partial charge in [-0.2, -0.15) is 4.37 Å². The summed E-state index contributed by atoms with van der Waals surface area (Å²) in [7, 11) is 0. The van der Waals surface area contributed by atoms with Crippen molar-refractivity contribution >= 4 is 55.7 Å². The van der Waals surface area contributed by atoms with Crippen molar-refractivity contribution in [3.05, 3.63) is 35.8 Å². The van der Waals surface area contributed by atoms with E-state index in [-0.39, 0.29) is 11.8 Å². The first kappa shape index (κ1) is 18.8. The van der Waals surface area contributed by atoms with Gasteiger partial charge in [-0.3, -0.25) is 9.59 Å². The first-order valence-electron chi connectivity index (χ1n) is 9.27. The molecular weight excluding hydrogens is 394 g/mol. The molecule has 146 valence electrons. The van der Waals surface area contributed by atoms with E-state index < -0.39 is 0 Å². The first-order valence-corrected chi connectivity index (χ1v) is 10.9. The molecule has 1 saturated heterocycles. The molecule has 0 aliphatic carbocycles. The van der Waals surface area contributed by atoms with E-state index in [9.17, 15) is 9.59 Å². The number of hydrogen-bond donors (Lipinski definition) is 1. The topological polar surface area (TPSA) is 78.4 Å². The Morgan fingerprint density at radius 1 is 1.11 bits per heavy atom. The van der Waals surface area contributed by atoms with Gasteiger partial charge in [0.15, 0.2) is 5.13 Å². The Morgan fingerprint density at radius 2 is 1.93 bits per heavy atom. The van der Waals surface area contributed by atoms with Gasteiger partial charge in [-0.05, 0) is 30.1 Å². The Hall–Kier alpha value is -2.52. The van der Waals surface area contributed by atoms with Crippen LogP contribution in [0.15, 0.2) is 35.8 Å². The van der Waals surface area contributed by atoms with E-state index in [2.05, 4.69) is 31.7 Å². The second-order valence-electron chi connectivity index (χ2n) is 6.61. The molecule has 0 unspecified atom stereocenters. The van der Waals surface area contributed by atoms with Gasteiger partial charge in [0.05, 0.1) is 4.70 Å². The fraction of sp³-hybridized carbons (Fsp3) is 0.368. The number of aromatic nitrogens is 2. The molecule has 2 aromatic heterocycles. The third-order valence-corrected chi connectivity index (χ3v) is 6.27. The van der Waals surface area contributed by atoms with Gasteiger partial charge < -0.3 is 15.1 Å². The van der Waals surface area contributed by atoms with Crippen molar-refractivity contribution in [3.8, 4) is 0 Å². The van der Waals surface area contributed by atoms with Crippen molar-refractivity contribution in [2.24, 2.45) is 0 Å². The van der Waals surface area contributed by atoms with E-state index >= 15 is 0 Å². The number of amides is 2. The molecule has 3 heterocycles. The molecule has 1 aromatic carbocycles. The van der Waals surface area contributed by atoms with Gasteiger partial charge in [0.25, 0.3) is 0 Å². The number of hydrogen-bond acceptors (Lipinski definition) is 7. The van der Waals surface area contributed by atoms with E-state index in [1.807, 2.05) is 22.4 Å². The lowest BCUT2D eigenvalue weighted by atomic mass is 10.2. The van der Waals surface area contributed by atoms with Crippen LogP contribution in [0, 0.1) is 0 Å². The Bertz CT molecular complexity index is 948. The number of nitrogens with zero attached hydrogens (tertiary/aromatic N) is 4. The van der Waals surface area contributed by atoms with E-state index in [1.54, 1.807) is 6.20 Å². The largest absolute Gasteiger partial charge is 0.352 e. The fourth-order valence-electron chi connectivity index (χ4n) is 3.29. The lowest BCUT2D eigenvalue weighted by molar-refractivity contribution is -0.131. The summed E-state index contributed by atoms with van der Waals surface area (Å²) in [6.07, 6.45) is 2.92. The quantitative estimate of drug-likeness (QED) is 0.669. The minimum Gasteiger partial charge on any atom is -0.352 e. The van der Waals surface area contributed by atoms with Crippen LogP contribution in [0.25, 0.3) is 10.1 Å². The maximum Gasteiger partial charge on any atom is 0.226 e. The molecule has 7 nitrogen and oxygen atoms in total. The van der Waals surface area contributed by atoms with Crippen molar-refractivity contribution in [2.45, 2.75) is 19.3 Å². The van der Waals surface area contributed by atoms with Crippen LogP contribution >= 0.6 is 22.9 Å². The molecule has 0 bridgehead atoms. The summed E-state index contributed by atoms with van der Waals surface area (Å²) in [6, 6.07) is 8.24.